The summed E-state index contributed by atoms with van der Waals surface area (Å²) in [5, 5.41) is 7.42. The lowest BCUT2D eigenvalue weighted by Gasteiger charge is -2.14. The quantitative estimate of drug-likeness (QED) is 0.898. The van der Waals surface area contributed by atoms with Crippen molar-refractivity contribution in [2.24, 2.45) is 0 Å². The largest absolute Gasteiger partial charge is 0.416 e. The van der Waals surface area contributed by atoms with Gasteiger partial charge in [-0.1, -0.05) is 17.3 Å². The molecule has 0 aliphatic rings. The second-order valence-corrected chi connectivity index (χ2v) is 3.90. The van der Waals surface area contributed by atoms with E-state index in [9.17, 15) is 13.2 Å². The highest BCUT2D eigenvalue weighted by Gasteiger charge is 2.30. The molecule has 0 spiro atoms. The van der Waals surface area contributed by atoms with Crippen molar-refractivity contribution in [1.29, 1.82) is 0 Å². The van der Waals surface area contributed by atoms with Crippen LogP contribution in [0.1, 0.15) is 24.1 Å². The minimum absolute atomic E-state index is 0.269. The predicted octanol–water partition coefficient (Wildman–Crippen LogP) is 2.49. The first-order chi connectivity index (χ1) is 8.39. The average Bonchev–Trinajstić information content (AvgIpc) is 2.73. The number of nitrogens with two attached hydrogens (primary N) is 1. The Bertz CT molecular complexity index is 530. The summed E-state index contributed by atoms with van der Waals surface area (Å²) in [6.07, 6.45) is -2.94. The van der Waals surface area contributed by atoms with E-state index in [0.717, 1.165) is 12.1 Å². The van der Waals surface area contributed by atoms with Gasteiger partial charge >= 0.3 is 6.18 Å². The number of anilines is 1. The van der Waals surface area contributed by atoms with Crippen LogP contribution in [0.4, 0.5) is 19.0 Å². The van der Waals surface area contributed by atoms with Crippen LogP contribution in [-0.2, 0) is 6.18 Å². The molecule has 18 heavy (non-hydrogen) atoms. The van der Waals surface area contributed by atoms with E-state index in [-0.39, 0.29) is 6.04 Å². The van der Waals surface area contributed by atoms with E-state index in [4.69, 9.17) is 5.73 Å². The minimum atomic E-state index is -4.33. The van der Waals surface area contributed by atoms with Crippen molar-refractivity contribution in [3.63, 3.8) is 0 Å². The summed E-state index contributed by atoms with van der Waals surface area (Å²) in [5.74, 6) is 0.363. The summed E-state index contributed by atoms with van der Waals surface area (Å²) >= 11 is 0. The molecule has 1 aromatic carbocycles. The van der Waals surface area contributed by atoms with E-state index in [1.807, 2.05) is 0 Å². The number of benzene rings is 1. The van der Waals surface area contributed by atoms with Crippen LogP contribution in [0.15, 0.2) is 30.5 Å². The van der Waals surface area contributed by atoms with E-state index in [1.54, 1.807) is 6.92 Å². The molecule has 1 atom stereocenters. The third kappa shape index (κ3) is 2.29. The second kappa shape index (κ2) is 4.32. The summed E-state index contributed by atoms with van der Waals surface area (Å²) in [6.45, 7) is 1.79. The molecule has 0 unspecified atom stereocenters. The van der Waals surface area contributed by atoms with Crippen LogP contribution in [0, 0.1) is 0 Å². The number of hydrogen-bond donors (Lipinski definition) is 1. The molecule has 0 radical (unpaired) electrons. The van der Waals surface area contributed by atoms with Crippen molar-refractivity contribution in [2.45, 2.75) is 19.1 Å². The monoisotopic (exact) mass is 256 g/mol. The van der Waals surface area contributed by atoms with Crippen molar-refractivity contribution >= 4 is 5.82 Å². The third-order valence-corrected chi connectivity index (χ3v) is 2.69. The topological polar surface area (TPSA) is 56.7 Å². The van der Waals surface area contributed by atoms with E-state index in [0.29, 0.717) is 11.4 Å². The van der Waals surface area contributed by atoms with Crippen LogP contribution in [0.3, 0.4) is 0 Å². The fraction of sp³-hybridized carbons (Fsp3) is 0.273. The lowest BCUT2D eigenvalue weighted by atomic mass is 10.1. The molecule has 1 aromatic heterocycles. The van der Waals surface area contributed by atoms with E-state index >= 15 is 0 Å². The third-order valence-electron chi connectivity index (χ3n) is 2.69. The summed E-state index contributed by atoms with van der Waals surface area (Å²) in [6, 6.07) is 4.64. The number of rotatable bonds is 2. The maximum atomic E-state index is 12.4. The molecule has 0 aliphatic carbocycles. The Kier molecular flexibility index (Phi) is 2.98. The van der Waals surface area contributed by atoms with Gasteiger partial charge in [0.2, 0.25) is 0 Å². The minimum Gasteiger partial charge on any atom is -0.383 e. The van der Waals surface area contributed by atoms with Gasteiger partial charge < -0.3 is 5.73 Å². The normalized spacial score (nSPS) is 13.6. The van der Waals surface area contributed by atoms with Gasteiger partial charge in [0, 0.05) is 0 Å². The highest BCUT2D eigenvalue weighted by Crippen LogP contribution is 2.30. The summed E-state index contributed by atoms with van der Waals surface area (Å²) in [5.41, 5.74) is 5.64. The second-order valence-electron chi connectivity index (χ2n) is 3.90. The number of aromatic nitrogens is 3. The number of nitrogens with zero attached hydrogens (tertiary/aromatic N) is 3. The van der Waals surface area contributed by atoms with Crippen LogP contribution in [0.25, 0.3) is 0 Å². The van der Waals surface area contributed by atoms with Gasteiger partial charge in [0.1, 0.15) is 5.82 Å². The van der Waals surface area contributed by atoms with Crippen LogP contribution in [0.2, 0.25) is 0 Å². The Morgan fingerprint density at radius 2 is 1.83 bits per heavy atom. The summed E-state index contributed by atoms with van der Waals surface area (Å²) < 4.78 is 38.7. The average molecular weight is 256 g/mol. The molecule has 2 N–H and O–H groups in total. The van der Waals surface area contributed by atoms with E-state index in [1.165, 1.54) is 23.0 Å². The molecule has 2 aromatic rings. The zero-order chi connectivity index (χ0) is 13.3. The molecule has 0 bridgehead atoms. The fourth-order valence-corrected chi connectivity index (χ4v) is 1.64. The summed E-state index contributed by atoms with van der Waals surface area (Å²) in [7, 11) is 0. The Morgan fingerprint density at radius 3 is 2.28 bits per heavy atom. The SMILES string of the molecule is C[C@H](c1ccc(C(F)(F)F)cc1)n1nncc1N. The smallest absolute Gasteiger partial charge is 0.383 e. The molecule has 7 heteroatoms. The Labute approximate surface area is 101 Å². The highest BCUT2D eigenvalue weighted by molar-refractivity contribution is 5.30. The maximum absolute atomic E-state index is 12.4. The molecule has 0 fully saturated rings. The first-order valence-electron chi connectivity index (χ1n) is 5.22. The molecular weight excluding hydrogens is 245 g/mol. The van der Waals surface area contributed by atoms with Gasteiger partial charge in [0.25, 0.3) is 0 Å². The zero-order valence-corrected chi connectivity index (χ0v) is 9.52. The summed E-state index contributed by atoms with van der Waals surface area (Å²) in [4.78, 5) is 0. The van der Waals surface area contributed by atoms with Crippen molar-refractivity contribution in [2.75, 3.05) is 5.73 Å². The van der Waals surface area contributed by atoms with Gasteiger partial charge in [-0.2, -0.15) is 13.2 Å². The van der Waals surface area contributed by atoms with Gasteiger partial charge in [0.15, 0.2) is 0 Å². The molecule has 0 aliphatic heterocycles. The van der Waals surface area contributed by atoms with Crippen molar-refractivity contribution in [3.8, 4) is 0 Å². The van der Waals surface area contributed by atoms with E-state index in [2.05, 4.69) is 10.3 Å². The number of halogens is 3. The van der Waals surface area contributed by atoms with Crippen LogP contribution < -0.4 is 5.73 Å². The van der Waals surface area contributed by atoms with Gasteiger partial charge in [-0.25, -0.2) is 4.68 Å². The van der Waals surface area contributed by atoms with Gasteiger partial charge in [-0.05, 0) is 24.6 Å². The van der Waals surface area contributed by atoms with Gasteiger partial charge in [-0.3, -0.25) is 0 Å². The predicted molar refractivity (Wildman–Crippen MR) is 59.7 cm³/mol. The van der Waals surface area contributed by atoms with Crippen molar-refractivity contribution in [1.82, 2.24) is 15.0 Å². The van der Waals surface area contributed by atoms with Crippen molar-refractivity contribution in [3.05, 3.63) is 41.6 Å². The Balaban J connectivity index is 2.28. The lowest BCUT2D eigenvalue weighted by Crippen LogP contribution is -2.12. The van der Waals surface area contributed by atoms with Gasteiger partial charge in [0.05, 0.1) is 17.8 Å². The van der Waals surface area contributed by atoms with Crippen molar-refractivity contribution < 1.29 is 13.2 Å². The number of hydrogen-bond acceptors (Lipinski definition) is 3. The zero-order valence-electron chi connectivity index (χ0n) is 9.52. The molecule has 4 nitrogen and oxygen atoms in total. The Morgan fingerprint density at radius 1 is 1.22 bits per heavy atom. The molecule has 1 heterocycles. The first kappa shape index (κ1) is 12.4. The lowest BCUT2D eigenvalue weighted by molar-refractivity contribution is -0.137. The van der Waals surface area contributed by atoms with Crippen LogP contribution in [0.5, 0.6) is 0 Å². The molecule has 2 rings (SSSR count). The van der Waals surface area contributed by atoms with Crippen LogP contribution in [-0.4, -0.2) is 15.0 Å². The van der Waals surface area contributed by atoms with E-state index < -0.39 is 11.7 Å². The maximum Gasteiger partial charge on any atom is 0.416 e. The highest BCUT2D eigenvalue weighted by atomic mass is 19.4. The van der Waals surface area contributed by atoms with Crippen LogP contribution >= 0.6 is 0 Å². The number of alkyl halides is 3. The molecule has 0 amide bonds. The molecule has 0 saturated carbocycles. The molecule has 0 saturated heterocycles. The van der Waals surface area contributed by atoms with Gasteiger partial charge in [-0.15, -0.1) is 5.10 Å². The first-order valence-corrected chi connectivity index (χ1v) is 5.22. The molecule has 96 valence electrons. The fourth-order valence-electron chi connectivity index (χ4n) is 1.64. The standard InChI is InChI=1S/C11H11F3N4/c1-7(18-10(15)6-16-17-18)8-2-4-9(5-3-8)11(12,13)14/h2-7H,15H2,1H3/t7-/m1/s1. The molecular formula is C11H11F3N4. The Hall–Kier alpha value is -2.05. The number of nitrogen functional groups attached to an aromatic ring is 1.